The van der Waals surface area contributed by atoms with Gasteiger partial charge in [-0.3, -0.25) is 24.2 Å². The first-order valence-corrected chi connectivity index (χ1v) is 12.8. The van der Waals surface area contributed by atoms with E-state index in [1.54, 1.807) is 41.4 Å². The van der Waals surface area contributed by atoms with Crippen LogP contribution >= 0.6 is 0 Å². The van der Waals surface area contributed by atoms with Crippen LogP contribution in [0.3, 0.4) is 0 Å². The summed E-state index contributed by atoms with van der Waals surface area (Å²) in [6.45, 7) is 3.08. The molecular weight excluding hydrogens is 466 g/mol. The van der Waals surface area contributed by atoms with Crippen LogP contribution in [0.4, 0.5) is 17.2 Å². The van der Waals surface area contributed by atoms with Crippen molar-refractivity contribution in [2.24, 2.45) is 5.92 Å². The Kier molecular flexibility index (Phi) is 7.67. The van der Waals surface area contributed by atoms with Gasteiger partial charge in [0.2, 0.25) is 5.91 Å². The van der Waals surface area contributed by atoms with E-state index in [0.29, 0.717) is 35.2 Å². The van der Waals surface area contributed by atoms with E-state index in [4.69, 9.17) is 0 Å². The maximum Gasteiger partial charge on any atom is 0.257 e. The number of ketones is 1. The zero-order valence-corrected chi connectivity index (χ0v) is 20.7. The Bertz CT molecular complexity index is 1270. The average Bonchev–Trinajstić information content (AvgIpc) is 3.06. The number of pyridine rings is 1. The molecule has 2 aliphatic rings. The van der Waals surface area contributed by atoms with Crippen molar-refractivity contribution in [3.05, 3.63) is 84.1 Å². The molecule has 2 amide bonds. The van der Waals surface area contributed by atoms with Gasteiger partial charge >= 0.3 is 0 Å². The zero-order chi connectivity index (χ0) is 25.6. The van der Waals surface area contributed by atoms with E-state index in [-0.39, 0.29) is 24.1 Å². The molecule has 0 bridgehead atoms. The predicted octanol–water partition coefficient (Wildman–Crippen LogP) is 3.89. The third-order valence-electron chi connectivity index (χ3n) is 7.06. The van der Waals surface area contributed by atoms with E-state index >= 15 is 0 Å². The number of amides is 2. The van der Waals surface area contributed by atoms with Gasteiger partial charge in [-0.1, -0.05) is 42.5 Å². The monoisotopic (exact) mass is 497 g/mol. The van der Waals surface area contributed by atoms with Crippen LogP contribution in [-0.4, -0.2) is 60.2 Å². The largest absolute Gasteiger partial charge is 0.319 e. The van der Waals surface area contributed by atoms with E-state index < -0.39 is 0 Å². The van der Waals surface area contributed by atoms with Crippen molar-refractivity contribution in [1.82, 2.24) is 15.2 Å². The number of nitrogens with one attached hydrogen (secondary N) is 2. The highest BCUT2D eigenvalue weighted by molar-refractivity contribution is 6.17. The second-order valence-corrected chi connectivity index (χ2v) is 9.55. The van der Waals surface area contributed by atoms with Gasteiger partial charge in [0.1, 0.15) is 0 Å². The first-order chi connectivity index (χ1) is 18.1. The fraction of sp³-hybridized carbons (Fsp3) is 0.310. The van der Waals surface area contributed by atoms with Crippen LogP contribution in [0.5, 0.6) is 0 Å². The van der Waals surface area contributed by atoms with Crippen molar-refractivity contribution in [2.45, 2.75) is 19.3 Å². The molecule has 1 aromatic heterocycles. The molecule has 1 fully saturated rings. The number of para-hydroxylation sites is 1. The Morgan fingerprint density at radius 3 is 2.54 bits per heavy atom. The van der Waals surface area contributed by atoms with Crippen LogP contribution < -0.4 is 15.5 Å². The number of carbonyl (C=O) groups excluding carboxylic acids is 3. The Morgan fingerprint density at radius 1 is 0.973 bits per heavy atom. The SMILES string of the molecule is O=C(CNCCC1CCN(CC(=O)N2c3ccccc3C(=O)Nc3cccnc32)CC1)c1ccccc1. The smallest absolute Gasteiger partial charge is 0.257 e. The number of carbonyl (C=O) groups is 3. The number of likely N-dealkylation sites (tertiary alicyclic amines) is 1. The summed E-state index contributed by atoms with van der Waals surface area (Å²) < 4.78 is 0. The van der Waals surface area contributed by atoms with Crippen molar-refractivity contribution in [3.63, 3.8) is 0 Å². The summed E-state index contributed by atoms with van der Waals surface area (Å²) in [5.74, 6) is 0.756. The predicted molar refractivity (Wildman–Crippen MR) is 143 cm³/mol. The fourth-order valence-corrected chi connectivity index (χ4v) is 5.02. The molecule has 2 aromatic carbocycles. The van der Waals surface area contributed by atoms with Crippen molar-refractivity contribution < 1.29 is 14.4 Å². The Labute approximate surface area is 216 Å². The second kappa shape index (κ2) is 11.5. The highest BCUT2D eigenvalue weighted by atomic mass is 16.2. The molecule has 8 heteroatoms. The van der Waals surface area contributed by atoms with Gasteiger partial charge in [-0.25, -0.2) is 4.98 Å². The van der Waals surface area contributed by atoms with E-state index in [2.05, 4.69) is 20.5 Å². The lowest BCUT2D eigenvalue weighted by atomic mass is 9.93. The summed E-state index contributed by atoms with van der Waals surface area (Å²) in [5.41, 5.74) is 2.26. The molecule has 2 aliphatic heterocycles. The number of benzene rings is 2. The maximum absolute atomic E-state index is 13.6. The molecule has 3 aromatic rings. The van der Waals surface area contributed by atoms with Gasteiger partial charge in [0.15, 0.2) is 11.6 Å². The molecule has 2 N–H and O–H groups in total. The fourth-order valence-electron chi connectivity index (χ4n) is 5.02. The normalized spacial score (nSPS) is 15.9. The zero-order valence-electron chi connectivity index (χ0n) is 20.7. The van der Waals surface area contributed by atoms with Gasteiger partial charge in [0.05, 0.1) is 30.0 Å². The highest BCUT2D eigenvalue weighted by Crippen LogP contribution is 2.36. The molecule has 0 radical (unpaired) electrons. The summed E-state index contributed by atoms with van der Waals surface area (Å²) in [5, 5.41) is 6.16. The number of anilines is 3. The molecule has 0 unspecified atom stereocenters. The van der Waals surface area contributed by atoms with Crippen LogP contribution in [0.15, 0.2) is 72.9 Å². The Hall–Kier alpha value is -3.88. The topological polar surface area (TPSA) is 94.6 Å². The molecule has 3 heterocycles. The van der Waals surface area contributed by atoms with Gasteiger partial charge in [0.25, 0.3) is 5.91 Å². The van der Waals surface area contributed by atoms with Crippen LogP contribution in [0, 0.1) is 5.92 Å². The van der Waals surface area contributed by atoms with E-state index in [0.717, 1.165) is 44.5 Å². The number of aromatic nitrogens is 1. The number of rotatable bonds is 8. The van der Waals surface area contributed by atoms with Crippen molar-refractivity contribution >= 4 is 34.8 Å². The highest BCUT2D eigenvalue weighted by Gasteiger charge is 2.31. The van der Waals surface area contributed by atoms with Crippen LogP contribution in [0.1, 0.15) is 40.0 Å². The Balaban J connectivity index is 1.14. The molecule has 0 spiro atoms. The summed E-state index contributed by atoms with van der Waals surface area (Å²) >= 11 is 0. The first kappa shape index (κ1) is 24.8. The first-order valence-electron chi connectivity index (χ1n) is 12.8. The van der Waals surface area contributed by atoms with Crippen LogP contribution in [0.25, 0.3) is 0 Å². The third-order valence-corrected chi connectivity index (χ3v) is 7.06. The van der Waals surface area contributed by atoms with Crippen molar-refractivity contribution in [1.29, 1.82) is 0 Å². The van der Waals surface area contributed by atoms with E-state index in [1.165, 1.54) is 0 Å². The minimum Gasteiger partial charge on any atom is -0.319 e. The summed E-state index contributed by atoms with van der Waals surface area (Å²) in [6.07, 6.45) is 4.65. The third kappa shape index (κ3) is 5.76. The Morgan fingerprint density at radius 2 is 1.73 bits per heavy atom. The van der Waals surface area contributed by atoms with Gasteiger partial charge in [0, 0.05) is 11.8 Å². The number of Topliss-reactive ketones (excluding diaryl/α,β-unsaturated/α-hetero) is 1. The molecule has 37 heavy (non-hydrogen) atoms. The molecule has 5 rings (SSSR count). The average molecular weight is 498 g/mol. The molecule has 8 nitrogen and oxygen atoms in total. The standard InChI is InChI=1S/C29H31N5O3/c35-26(22-7-2-1-3-8-22)19-30-16-12-21-13-17-33(18-14-21)20-27(36)34-25-11-5-4-9-23(25)29(37)32-24-10-6-15-31-28(24)34/h1-11,15,21,30H,12-14,16-20H2,(H,32,37). The molecular formula is C29H31N5O3. The van der Waals surface area contributed by atoms with E-state index in [9.17, 15) is 14.4 Å². The quantitative estimate of drug-likeness (QED) is 0.362. The summed E-state index contributed by atoms with van der Waals surface area (Å²) in [7, 11) is 0. The molecule has 0 aliphatic carbocycles. The number of hydrogen-bond donors (Lipinski definition) is 2. The van der Waals surface area contributed by atoms with Crippen LogP contribution in [-0.2, 0) is 4.79 Å². The van der Waals surface area contributed by atoms with Gasteiger partial charge in [-0.15, -0.1) is 0 Å². The lowest BCUT2D eigenvalue weighted by Crippen LogP contribution is -2.42. The summed E-state index contributed by atoms with van der Waals surface area (Å²) in [4.78, 5) is 46.8. The molecule has 0 saturated carbocycles. The van der Waals surface area contributed by atoms with Crippen molar-refractivity contribution in [2.75, 3.05) is 42.9 Å². The second-order valence-electron chi connectivity index (χ2n) is 9.55. The van der Waals surface area contributed by atoms with Gasteiger partial charge in [-0.2, -0.15) is 0 Å². The van der Waals surface area contributed by atoms with Crippen molar-refractivity contribution in [3.8, 4) is 0 Å². The number of hydrogen-bond acceptors (Lipinski definition) is 6. The van der Waals surface area contributed by atoms with Gasteiger partial charge in [-0.05, 0) is 69.1 Å². The minimum atomic E-state index is -0.250. The molecule has 190 valence electrons. The minimum absolute atomic E-state index is 0.108. The number of nitrogens with zero attached hydrogens (tertiary/aromatic N) is 3. The number of fused-ring (bicyclic) bond motifs is 2. The lowest BCUT2D eigenvalue weighted by Gasteiger charge is -2.33. The lowest BCUT2D eigenvalue weighted by molar-refractivity contribution is -0.119. The molecule has 1 saturated heterocycles. The maximum atomic E-state index is 13.6. The number of piperidine rings is 1. The van der Waals surface area contributed by atoms with E-state index in [1.807, 2.05) is 36.4 Å². The molecule has 0 atom stereocenters. The summed E-state index contributed by atoms with van der Waals surface area (Å²) in [6, 6.07) is 20.0. The van der Waals surface area contributed by atoms with Crippen LogP contribution in [0.2, 0.25) is 0 Å². The van der Waals surface area contributed by atoms with Gasteiger partial charge < -0.3 is 10.6 Å².